The van der Waals surface area contributed by atoms with Gasteiger partial charge in [-0.15, -0.1) is 0 Å². The van der Waals surface area contributed by atoms with Gasteiger partial charge in [0.05, 0.1) is 11.0 Å². The fraction of sp³-hybridized carbons (Fsp3) is 0.412. The number of amides is 1. The number of hydrogen-bond donors (Lipinski definition) is 3. The Kier molecular flexibility index (Phi) is 5.41. The molecule has 2 aromatic rings. The zero-order valence-corrected chi connectivity index (χ0v) is 14.3. The van der Waals surface area contributed by atoms with Crippen LogP contribution in [0.2, 0.25) is 0 Å². The van der Waals surface area contributed by atoms with Crippen LogP contribution in [0.1, 0.15) is 37.6 Å². The summed E-state index contributed by atoms with van der Waals surface area (Å²) in [5.74, 6) is -1.55. The molecule has 8 nitrogen and oxygen atoms in total. The second-order valence-corrected chi connectivity index (χ2v) is 6.23. The van der Waals surface area contributed by atoms with E-state index in [-0.39, 0.29) is 11.5 Å². The summed E-state index contributed by atoms with van der Waals surface area (Å²) in [7, 11) is 0. The van der Waals surface area contributed by atoms with E-state index in [1.54, 1.807) is 13.0 Å². The Bertz CT molecular complexity index is 926. The number of aryl methyl sites for hydroxylation is 1. The number of H-pyrrole nitrogens is 1. The molecule has 2 rings (SSSR count). The number of nitrogens with zero attached hydrogens (tertiary/aromatic N) is 1. The molecule has 0 aliphatic rings. The van der Waals surface area contributed by atoms with Crippen molar-refractivity contribution in [3.63, 3.8) is 0 Å². The van der Waals surface area contributed by atoms with Crippen molar-refractivity contribution in [2.24, 2.45) is 5.92 Å². The highest BCUT2D eigenvalue weighted by molar-refractivity contribution is 5.99. The quantitative estimate of drug-likeness (QED) is 0.672. The minimum absolute atomic E-state index is 0.105. The summed E-state index contributed by atoms with van der Waals surface area (Å²) >= 11 is 0. The Morgan fingerprint density at radius 2 is 1.96 bits per heavy atom. The zero-order chi connectivity index (χ0) is 18.7. The number of fused-ring (bicyclic) bond motifs is 1. The first-order valence-electron chi connectivity index (χ1n) is 8.05. The Morgan fingerprint density at radius 1 is 1.28 bits per heavy atom. The number of rotatable bonds is 6. The third-order valence-corrected chi connectivity index (χ3v) is 3.86. The van der Waals surface area contributed by atoms with Gasteiger partial charge >= 0.3 is 17.1 Å². The summed E-state index contributed by atoms with van der Waals surface area (Å²) in [5.41, 5.74) is -0.375. The van der Waals surface area contributed by atoms with Gasteiger partial charge in [0.2, 0.25) is 0 Å². The number of aromatic amines is 1. The standard InChI is InChI=1S/C17H21N3O5/c1-4-20-13-6-5-10(8-11(13)18-15(22)16(20)23)14(21)19-12(17(24)25)7-9(2)3/h5-6,8-9,12H,4,7H2,1-3H3,(H,18,22)(H,19,21)(H,24,25). The van der Waals surface area contributed by atoms with Crippen molar-refractivity contribution in [1.29, 1.82) is 0 Å². The third-order valence-electron chi connectivity index (χ3n) is 3.86. The molecule has 0 bridgehead atoms. The van der Waals surface area contributed by atoms with E-state index in [0.717, 1.165) is 0 Å². The van der Waals surface area contributed by atoms with Gasteiger partial charge < -0.3 is 20.0 Å². The number of aliphatic carboxylic acids is 1. The highest BCUT2D eigenvalue weighted by atomic mass is 16.4. The molecule has 1 atom stereocenters. The number of benzene rings is 1. The largest absolute Gasteiger partial charge is 0.480 e. The van der Waals surface area contributed by atoms with Crippen LogP contribution < -0.4 is 16.4 Å². The summed E-state index contributed by atoms with van der Waals surface area (Å²) in [6, 6.07) is 3.50. The van der Waals surface area contributed by atoms with Crippen molar-refractivity contribution < 1.29 is 14.7 Å². The molecule has 1 aromatic heterocycles. The van der Waals surface area contributed by atoms with Gasteiger partial charge in [-0.3, -0.25) is 14.4 Å². The van der Waals surface area contributed by atoms with Crippen LogP contribution >= 0.6 is 0 Å². The molecule has 3 N–H and O–H groups in total. The summed E-state index contributed by atoms with van der Waals surface area (Å²) in [6.45, 7) is 5.80. The summed E-state index contributed by atoms with van der Waals surface area (Å²) < 4.78 is 1.31. The van der Waals surface area contributed by atoms with Crippen molar-refractivity contribution in [2.45, 2.75) is 39.8 Å². The maximum Gasteiger partial charge on any atom is 0.326 e. The Hall–Kier alpha value is -2.90. The highest BCUT2D eigenvalue weighted by Crippen LogP contribution is 2.13. The SMILES string of the molecule is CCn1c(=O)c(=O)[nH]c2cc(C(=O)NC(CC(C)C)C(=O)O)ccc21. The topological polar surface area (TPSA) is 121 Å². The van der Waals surface area contributed by atoms with Crippen LogP contribution in [-0.2, 0) is 11.3 Å². The Labute approximate surface area is 143 Å². The Balaban J connectivity index is 2.40. The van der Waals surface area contributed by atoms with E-state index < -0.39 is 29.0 Å². The van der Waals surface area contributed by atoms with Crippen molar-refractivity contribution in [2.75, 3.05) is 0 Å². The van der Waals surface area contributed by atoms with Gasteiger partial charge in [0.15, 0.2) is 0 Å². The Morgan fingerprint density at radius 3 is 2.52 bits per heavy atom. The lowest BCUT2D eigenvalue weighted by Gasteiger charge is -2.16. The molecule has 0 radical (unpaired) electrons. The minimum Gasteiger partial charge on any atom is -0.480 e. The molecule has 8 heteroatoms. The number of carboxylic acids is 1. The fourth-order valence-electron chi connectivity index (χ4n) is 2.67. The van der Waals surface area contributed by atoms with E-state index in [2.05, 4.69) is 10.3 Å². The van der Waals surface area contributed by atoms with E-state index in [9.17, 15) is 24.3 Å². The predicted octanol–water partition coefficient (Wildman–Crippen LogP) is 0.939. The molecule has 0 aliphatic heterocycles. The second kappa shape index (κ2) is 7.33. The molecule has 134 valence electrons. The molecule has 25 heavy (non-hydrogen) atoms. The van der Waals surface area contributed by atoms with Gasteiger partial charge in [-0.05, 0) is 37.5 Å². The van der Waals surface area contributed by atoms with Crippen LogP contribution in [0.5, 0.6) is 0 Å². The van der Waals surface area contributed by atoms with Crippen LogP contribution in [0.25, 0.3) is 11.0 Å². The summed E-state index contributed by atoms with van der Waals surface area (Å²) in [5, 5.41) is 11.7. The average molecular weight is 347 g/mol. The van der Waals surface area contributed by atoms with Crippen molar-refractivity contribution in [3.8, 4) is 0 Å². The van der Waals surface area contributed by atoms with E-state index in [4.69, 9.17) is 0 Å². The minimum atomic E-state index is -1.10. The van der Waals surface area contributed by atoms with Crippen molar-refractivity contribution in [1.82, 2.24) is 14.9 Å². The first-order chi connectivity index (χ1) is 11.7. The second-order valence-electron chi connectivity index (χ2n) is 6.23. The van der Waals surface area contributed by atoms with Crippen molar-refractivity contribution >= 4 is 22.9 Å². The third kappa shape index (κ3) is 3.96. The van der Waals surface area contributed by atoms with E-state index in [1.165, 1.54) is 16.7 Å². The van der Waals surface area contributed by atoms with Gasteiger partial charge in [-0.2, -0.15) is 0 Å². The number of aromatic nitrogens is 2. The van der Waals surface area contributed by atoms with E-state index in [0.29, 0.717) is 24.0 Å². The molecular weight excluding hydrogens is 326 g/mol. The van der Waals surface area contributed by atoms with Crippen molar-refractivity contribution in [3.05, 3.63) is 44.5 Å². The summed E-state index contributed by atoms with van der Waals surface area (Å²) in [4.78, 5) is 49.6. The molecular formula is C17H21N3O5. The average Bonchev–Trinajstić information content (AvgIpc) is 2.54. The van der Waals surface area contributed by atoms with Gasteiger partial charge in [-0.25, -0.2) is 4.79 Å². The van der Waals surface area contributed by atoms with Crippen LogP contribution in [0.3, 0.4) is 0 Å². The van der Waals surface area contributed by atoms with Crippen LogP contribution in [0, 0.1) is 5.92 Å². The number of nitrogens with one attached hydrogen (secondary N) is 2. The van der Waals surface area contributed by atoms with Gasteiger partial charge in [0.1, 0.15) is 6.04 Å². The molecule has 1 aromatic carbocycles. The molecule has 0 spiro atoms. The highest BCUT2D eigenvalue weighted by Gasteiger charge is 2.22. The van der Waals surface area contributed by atoms with Gasteiger partial charge in [0.25, 0.3) is 5.91 Å². The van der Waals surface area contributed by atoms with Gasteiger partial charge in [-0.1, -0.05) is 13.8 Å². The lowest BCUT2D eigenvalue weighted by atomic mass is 10.0. The maximum absolute atomic E-state index is 12.4. The zero-order valence-electron chi connectivity index (χ0n) is 14.3. The van der Waals surface area contributed by atoms with Crippen LogP contribution in [-0.4, -0.2) is 32.6 Å². The summed E-state index contributed by atoms with van der Waals surface area (Å²) in [6.07, 6.45) is 0.306. The molecule has 0 fully saturated rings. The van der Waals surface area contributed by atoms with Crippen LogP contribution in [0.4, 0.5) is 0 Å². The number of carboxylic acid groups (broad SMARTS) is 1. The normalized spacial score (nSPS) is 12.3. The first-order valence-corrected chi connectivity index (χ1v) is 8.05. The molecule has 1 amide bonds. The fourth-order valence-corrected chi connectivity index (χ4v) is 2.67. The molecule has 0 aliphatic carbocycles. The molecule has 0 saturated carbocycles. The number of carbonyl (C=O) groups is 2. The smallest absolute Gasteiger partial charge is 0.326 e. The molecule has 1 unspecified atom stereocenters. The lowest BCUT2D eigenvalue weighted by Crippen LogP contribution is -2.41. The van der Waals surface area contributed by atoms with E-state index in [1.807, 2.05) is 13.8 Å². The first kappa shape index (κ1) is 18.4. The molecule has 1 heterocycles. The van der Waals surface area contributed by atoms with Crippen LogP contribution in [0.15, 0.2) is 27.8 Å². The lowest BCUT2D eigenvalue weighted by molar-refractivity contribution is -0.139. The monoisotopic (exact) mass is 347 g/mol. The molecule has 0 saturated heterocycles. The number of carbonyl (C=O) groups excluding carboxylic acids is 1. The predicted molar refractivity (Wildman–Crippen MR) is 92.8 cm³/mol. The number of hydrogen-bond acceptors (Lipinski definition) is 4. The maximum atomic E-state index is 12.4. The van der Waals surface area contributed by atoms with E-state index >= 15 is 0 Å². The van der Waals surface area contributed by atoms with Gasteiger partial charge in [0, 0.05) is 12.1 Å².